The molecule has 0 atom stereocenters. The van der Waals surface area contributed by atoms with Gasteiger partial charge >= 0.3 is 0 Å². The minimum absolute atomic E-state index is 0.0266. The maximum Gasteiger partial charge on any atom is 0.138 e. The Kier molecular flexibility index (Phi) is 2.50. The lowest BCUT2D eigenvalue weighted by molar-refractivity contribution is 0.463. The minimum atomic E-state index is 0.0266. The zero-order valence-electron chi connectivity index (χ0n) is 8.70. The molecule has 0 aromatic heterocycles. The van der Waals surface area contributed by atoms with Crippen molar-refractivity contribution in [3.8, 4) is 5.75 Å². The van der Waals surface area contributed by atoms with Gasteiger partial charge in [-0.1, -0.05) is 12.1 Å². The van der Waals surface area contributed by atoms with Gasteiger partial charge in [-0.05, 0) is 32.9 Å². The predicted octanol–water partition coefficient (Wildman–Crippen LogP) is 2.63. The van der Waals surface area contributed by atoms with Gasteiger partial charge in [-0.2, -0.15) is 0 Å². The largest absolute Gasteiger partial charge is 0.506 e. The Labute approximate surface area is 79.8 Å². The SMILES string of the molecule is CN(c1ccccc1O)C(C)(C)C. The number of phenolic OH excluding ortho intramolecular Hbond substituents is 1. The highest BCUT2D eigenvalue weighted by molar-refractivity contribution is 5.58. The summed E-state index contributed by atoms with van der Waals surface area (Å²) in [6.45, 7) is 6.33. The molecule has 2 heteroatoms. The lowest BCUT2D eigenvalue weighted by Crippen LogP contribution is -2.37. The van der Waals surface area contributed by atoms with Gasteiger partial charge in [0.1, 0.15) is 5.75 Å². The summed E-state index contributed by atoms with van der Waals surface area (Å²) in [4.78, 5) is 2.06. The van der Waals surface area contributed by atoms with Crippen LogP contribution in [-0.2, 0) is 0 Å². The highest BCUT2D eigenvalue weighted by atomic mass is 16.3. The molecule has 0 bridgehead atoms. The maximum absolute atomic E-state index is 9.60. The number of phenols is 1. The minimum Gasteiger partial charge on any atom is -0.506 e. The van der Waals surface area contributed by atoms with Crippen LogP contribution in [0.1, 0.15) is 20.8 Å². The van der Waals surface area contributed by atoms with Gasteiger partial charge in [0.25, 0.3) is 0 Å². The molecular formula is C11H17NO. The number of anilines is 1. The van der Waals surface area contributed by atoms with Crippen LogP contribution in [0.4, 0.5) is 5.69 Å². The molecule has 0 aliphatic carbocycles. The average molecular weight is 179 g/mol. The number of hydrogen-bond donors (Lipinski definition) is 1. The molecular weight excluding hydrogens is 162 g/mol. The second-order valence-corrected chi connectivity index (χ2v) is 4.22. The Morgan fingerprint density at radius 2 is 1.69 bits per heavy atom. The van der Waals surface area contributed by atoms with E-state index < -0.39 is 0 Å². The molecule has 1 aromatic rings. The van der Waals surface area contributed by atoms with Gasteiger partial charge in [-0.15, -0.1) is 0 Å². The summed E-state index contributed by atoms with van der Waals surface area (Å²) in [6, 6.07) is 7.38. The normalized spacial score (nSPS) is 11.4. The van der Waals surface area contributed by atoms with E-state index in [1.54, 1.807) is 6.07 Å². The van der Waals surface area contributed by atoms with Gasteiger partial charge in [-0.25, -0.2) is 0 Å². The first-order valence-electron chi connectivity index (χ1n) is 4.45. The van der Waals surface area contributed by atoms with Crippen LogP contribution in [0.3, 0.4) is 0 Å². The van der Waals surface area contributed by atoms with Gasteiger partial charge in [0.2, 0.25) is 0 Å². The molecule has 0 radical (unpaired) electrons. The fourth-order valence-corrected chi connectivity index (χ4v) is 1.11. The third-order valence-electron chi connectivity index (χ3n) is 2.25. The van der Waals surface area contributed by atoms with Crippen LogP contribution in [0.5, 0.6) is 5.75 Å². The summed E-state index contributed by atoms with van der Waals surface area (Å²) in [5, 5.41) is 9.60. The molecule has 0 saturated carbocycles. The summed E-state index contributed by atoms with van der Waals surface area (Å²) in [5.74, 6) is 0.333. The van der Waals surface area contributed by atoms with Crippen molar-refractivity contribution in [2.45, 2.75) is 26.3 Å². The Bertz CT molecular complexity index is 288. The lowest BCUT2D eigenvalue weighted by Gasteiger charge is -2.34. The monoisotopic (exact) mass is 179 g/mol. The second kappa shape index (κ2) is 3.29. The lowest BCUT2D eigenvalue weighted by atomic mass is 10.1. The molecule has 1 rings (SSSR count). The van der Waals surface area contributed by atoms with Crippen molar-refractivity contribution in [2.24, 2.45) is 0 Å². The topological polar surface area (TPSA) is 23.5 Å². The number of benzene rings is 1. The molecule has 0 unspecified atom stereocenters. The van der Waals surface area contributed by atoms with Gasteiger partial charge in [0.05, 0.1) is 5.69 Å². The van der Waals surface area contributed by atoms with Crippen LogP contribution in [-0.4, -0.2) is 17.7 Å². The van der Waals surface area contributed by atoms with Crippen LogP contribution in [0.25, 0.3) is 0 Å². The van der Waals surface area contributed by atoms with Crippen molar-refractivity contribution >= 4 is 5.69 Å². The number of hydrogen-bond acceptors (Lipinski definition) is 2. The first-order valence-corrected chi connectivity index (χ1v) is 4.45. The highest BCUT2D eigenvalue weighted by Gasteiger charge is 2.19. The van der Waals surface area contributed by atoms with E-state index in [9.17, 15) is 5.11 Å². The average Bonchev–Trinajstić information content (AvgIpc) is 2.02. The van der Waals surface area contributed by atoms with E-state index in [0.29, 0.717) is 5.75 Å². The Balaban J connectivity index is 3.02. The Morgan fingerprint density at radius 1 is 1.15 bits per heavy atom. The van der Waals surface area contributed by atoms with E-state index in [-0.39, 0.29) is 5.54 Å². The van der Waals surface area contributed by atoms with Crippen molar-refractivity contribution in [3.63, 3.8) is 0 Å². The molecule has 0 spiro atoms. The van der Waals surface area contributed by atoms with Crippen LogP contribution >= 0.6 is 0 Å². The van der Waals surface area contributed by atoms with Crippen molar-refractivity contribution in [1.29, 1.82) is 0 Å². The third kappa shape index (κ3) is 2.14. The quantitative estimate of drug-likeness (QED) is 0.716. The molecule has 0 aliphatic heterocycles. The second-order valence-electron chi connectivity index (χ2n) is 4.22. The molecule has 0 amide bonds. The van der Waals surface area contributed by atoms with Crippen molar-refractivity contribution in [2.75, 3.05) is 11.9 Å². The zero-order valence-corrected chi connectivity index (χ0v) is 8.70. The standard InChI is InChI=1S/C11H17NO/c1-11(2,3)12(4)9-7-5-6-8-10(9)13/h5-8,13H,1-4H3. The Hall–Kier alpha value is -1.18. The van der Waals surface area contributed by atoms with Gasteiger partial charge in [-0.3, -0.25) is 0 Å². The van der Waals surface area contributed by atoms with Crippen LogP contribution < -0.4 is 4.90 Å². The molecule has 1 aromatic carbocycles. The van der Waals surface area contributed by atoms with Gasteiger partial charge in [0, 0.05) is 12.6 Å². The smallest absolute Gasteiger partial charge is 0.138 e. The van der Waals surface area contributed by atoms with E-state index >= 15 is 0 Å². The number of aromatic hydroxyl groups is 1. The molecule has 0 aliphatic rings. The fourth-order valence-electron chi connectivity index (χ4n) is 1.11. The van der Waals surface area contributed by atoms with Crippen LogP contribution in [0.2, 0.25) is 0 Å². The molecule has 2 nitrogen and oxygen atoms in total. The maximum atomic E-state index is 9.60. The summed E-state index contributed by atoms with van der Waals surface area (Å²) in [5.41, 5.74) is 0.897. The highest BCUT2D eigenvalue weighted by Crippen LogP contribution is 2.29. The predicted molar refractivity (Wildman–Crippen MR) is 56.3 cm³/mol. The molecule has 0 fully saturated rings. The number of nitrogens with zero attached hydrogens (tertiary/aromatic N) is 1. The van der Waals surface area contributed by atoms with E-state index in [4.69, 9.17) is 0 Å². The Morgan fingerprint density at radius 3 is 2.15 bits per heavy atom. The van der Waals surface area contributed by atoms with Gasteiger partial charge < -0.3 is 10.0 Å². The number of rotatable bonds is 1. The van der Waals surface area contributed by atoms with Gasteiger partial charge in [0.15, 0.2) is 0 Å². The summed E-state index contributed by atoms with van der Waals surface area (Å²) in [6.07, 6.45) is 0. The third-order valence-corrected chi connectivity index (χ3v) is 2.25. The molecule has 13 heavy (non-hydrogen) atoms. The van der Waals surface area contributed by atoms with Crippen molar-refractivity contribution < 1.29 is 5.11 Å². The van der Waals surface area contributed by atoms with E-state index in [1.165, 1.54) is 0 Å². The fraction of sp³-hybridized carbons (Fsp3) is 0.455. The molecule has 0 heterocycles. The van der Waals surface area contributed by atoms with E-state index in [1.807, 2.05) is 25.2 Å². The summed E-state index contributed by atoms with van der Waals surface area (Å²) < 4.78 is 0. The van der Waals surface area contributed by atoms with Crippen molar-refractivity contribution in [3.05, 3.63) is 24.3 Å². The first-order chi connectivity index (χ1) is 5.93. The molecule has 1 N–H and O–H groups in total. The van der Waals surface area contributed by atoms with Crippen LogP contribution in [0.15, 0.2) is 24.3 Å². The number of para-hydroxylation sites is 2. The van der Waals surface area contributed by atoms with E-state index in [2.05, 4.69) is 25.7 Å². The molecule has 0 saturated heterocycles. The zero-order chi connectivity index (χ0) is 10.1. The van der Waals surface area contributed by atoms with Crippen molar-refractivity contribution in [1.82, 2.24) is 0 Å². The first kappa shape index (κ1) is 9.90. The molecule has 72 valence electrons. The van der Waals surface area contributed by atoms with Crippen LogP contribution in [0, 0.1) is 0 Å². The summed E-state index contributed by atoms with van der Waals surface area (Å²) in [7, 11) is 1.98. The summed E-state index contributed by atoms with van der Waals surface area (Å²) >= 11 is 0. The van der Waals surface area contributed by atoms with E-state index in [0.717, 1.165) is 5.69 Å².